The molecule has 2 fully saturated rings. The minimum atomic E-state index is -3.25. The van der Waals surface area contributed by atoms with Crippen molar-refractivity contribution in [1.29, 1.82) is 0 Å². The second-order valence-corrected chi connectivity index (χ2v) is 7.88. The second-order valence-electron chi connectivity index (χ2n) is 5.75. The van der Waals surface area contributed by atoms with Crippen molar-refractivity contribution < 1.29 is 8.42 Å². The average Bonchev–Trinajstić information content (AvgIpc) is 2.94. The molecule has 2 N–H and O–H groups in total. The normalized spacial score (nSPS) is 30.8. The third-order valence-electron chi connectivity index (χ3n) is 4.66. The van der Waals surface area contributed by atoms with Gasteiger partial charge in [-0.05, 0) is 49.7 Å². The number of aryl methyl sites for hydroxylation is 1. The van der Waals surface area contributed by atoms with Crippen LogP contribution in [0.15, 0.2) is 23.1 Å². The molecule has 0 spiro atoms. The maximum absolute atomic E-state index is 12.7. The number of fused-ring (bicyclic) bond motifs is 2. The van der Waals surface area contributed by atoms with Gasteiger partial charge in [0.15, 0.2) is 9.84 Å². The molecule has 0 radical (unpaired) electrons. The predicted molar refractivity (Wildman–Crippen MR) is 72.0 cm³/mol. The highest BCUT2D eigenvalue weighted by atomic mass is 32.2. The highest BCUT2D eigenvalue weighted by Gasteiger charge is 2.46. The summed E-state index contributed by atoms with van der Waals surface area (Å²) in [5, 5.41) is -0.194. The molecule has 3 rings (SSSR count). The van der Waals surface area contributed by atoms with Crippen LogP contribution in [0.25, 0.3) is 0 Å². The number of benzene rings is 1. The van der Waals surface area contributed by atoms with Crippen molar-refractivity contribution in [1.82, 2.24) is 0 Å². The summed E-state index contributed by atoms with van der Waals surface area (Å²) in [5.41, 5.74) is 7.23. The Labute approximate surface area is 108 Å². The molecule has 2 saturated carbocycles. The van der Waals surface area contributed by atoms with Crippen LogP contribution in [0.2, 0.25) is 0 Å². The number of nitrogen functional groups attached to an aromatic ring is 1. The molecule has 0 aromatic heterocycles. The molecule has 3 nitrogen and oxygen atoms in total. The lowest BCUT2D eigenvalue weighted by Crippen LogP contribution is -2.28. The van der Waals surface area contributed by atoms with Crippen molar-refractivity contribution in [3.8, 4) is 0 Å². The molecular weight excluding hydrogens is 246 g/mol. The standard InChI is InChI=1S/C14H19NO2S/c1-9-3-2-4-12(14(9)15)18(16,17)13-8-10-5-6-11(13)7-10/h2-4,10-11,13H,5-8,15H2,1H3. The van der Waals surface area contributed by atoms with E-state index in [1.165, 1.54) is 6.42 Å². The zero-order valence-electron chi connectivity index (χ0n) is 10.6. The highest BCUT2D eigenvalue weighted by Crippen LogP contribution is 2.49. The van der Waals surface area contributed by atoms with Crippen molar-refractivity contribution in [2.24, 2.45) is 11.8 Å². The number of hydrogen-bond donors (Lipinski definition) is 1. The Hall–Kier alpha value is -1.03. The number of nitrogens with two attached hydrogens (primary N) is 1. The van der Waals surface area contributed by atoms with Crippen molar-refractivity contribution in [2.45, 2.75) is 42.8 Å². The molecule has 1 aromatic rings. The fourth-order valence-electron chi connectivity index (χ4n) is 3.63. The number of anilines is 1. The van der Waals surface area contributed by atoms with Crippen molar-refractivity contribution in [2.75, 3.05) is 5.73 Å². The van der Waals surface area contributed by atoms with Crippen LogP contribution in [0.1, 0.15) is 31.2 Å². The van der Waals surface area contributed by atoms with Crippen LogP contribution in [-0.4, -0.2) is 13.7 Å². The Balaban J connectivity index is 2.02. The van der Waals surface area contributed by atoms with Gasteiger partial charge in [0.05, 0.1) is 15.8 Å². The summed E-state index contributed by atoms with van der Waals surface area (Å²) < 4.78 is 25.4. The van der Waals surface area contributed by atoms with Gasteiger partial charge in [0.2, 0.25) is 0 Å². The summed E-state index contributed by atoms with van der Waals surface area (Å²) in [6.07, 6.45) is 4.20. The number of rotatable bonds is 2. The molecule has 98 valence electrons. The first-order valence-corrected chi connectivity index (χ1v) is 8.13. The Morgan fingerprint density at radius 1 is 1.22 bits per heavy atom. The van der Waals surface area contributed by atoms with Crippen LogP contribution in [0.4, 0.5) is 5.69 Å². The largest absolute Gasteiger partial charge is 0.397 e. The Bertz CT molecular complexity index is 579. The van der Waals surface area contributed by atoms with Crippen LogP contribution in [-0.2, 0) is 9.84 Å². The molecule has 2 aliphatic rings. The molecule has 3 unspecified atom stereocenters. The molecule has 0 amide bonds. The first-order valence-electron chi connectivity index (χ1n) is 6.59. The first kappa shape index (κ1) is 12.0. The Kier molecular flexibility index (Phi) is 2.66. The zero-order chi connectivity index (χ0) is 12.9. The van der Waals surface area contributed by atoms with Gasteiger partial charge < -0.3 is 5.73 Å². The molecule has 2 aliphatic carbocycles. The fourth-order valence-corrected chi connectivity index (χ4v) is 5.97. The Morgan fingerprint density at radius 3 is 2.61 bits per heavy atom. The lowest BCUT2D eigenvalue weighted by Gasteiger charge is -2.22. The van der Waals surface area contributed by atoms with Crippen LogP contribution in [0.3, 0.4) is 0 Å². The summed E-state index contributed by atoms with van der Waals surface area (Å²) in [6, 6.07) is 5.30. The summed E-state index contributed by atoms with van der Waals surface area (Å²) >= 11 is 0. The molecule has 4 heteroatoms. The molecule has 0 heterocycles. The third-order valence-corrected chi connectivity index (χ3v) is 7.01. The minimum absolute atomic E-state index is 0.194. The van der Waals surface area contributed by atoms with Gasteiger partial charge in [0.25, 0.3) is 0 Å². The summed E-state index contributed by atoms with van der Waals surface area (Å²) in [5.74, 6) is 0.987. The van der Waals surface area contributed by atoms with Crippen LogP contribution < -0.4 is 5.73 Å². The van der Waals surface area contributed by atoms with Crippen molar-refractivity contribution >= 4 is 15.5 Å². The monoisotopic (exact) mass is 265 g/mol. The van der Waals surface area contributed by atoms with Crippen molar-refractivity contribution in [3.05, 3.63) is 23.8 Å². The maximum atomic E-state index is 12.7. The van der Waals surface area contributed by atoms with E-state index in [2.05, 4.69) is 0 Å². The van der Waals surface area contributed by atoms with Gasteiger partial charge in [-0.1, -0.05) is 18.6 Å². The van der Waals surface area contributed by atoms with Crippen LogP contribution in [0.5, 0.6) is 0 Å². The fraction of sp³-hybridized carbons (Fsp3) is 0.571. The summed E-state index contributed by atoms with van der Waals surface area (Å²) in [6.45, 7) is 1.86. The number of sulfone groups is 1. The molecule has 2 bridgehead atoms. The quantitative estimate of drug-likeness (QED) is 0.836. The van der Waals surface area contributed by atoms with Crippen LogP contribution >= 0.6 is 0 Å². The second kappa shape index (κ2) is 3.98. The van der Waals surface area contributed by atoms with E-state index in [9.17, 15) is 8.42 Å². The van der Waals surface area contributed by atoms with E-state index < -0.39 is 9.84 Å². The minimum Gasteiger partial charge on any atom is -0.397 e. The zero-order valence-corrected chi connectivity index (χ0v) is 11.4. The molecule has 3 atom stereocenters. The smallest absolute Gasteiger partial charge is 0.183 e. The molecule has 18 heavy (non-hydrogen) atoms. The van der Waals surface area contributed by atoms with E-state index in [1.807, 2.05) is 13.0 Å². The van der Waals surface area contributed by atoms with E-state index in [1.54, 1.807) is 12.1 Å². The topological polar surface area (TPSA) is 60.2 Å². The van der Waals surface area contributed by atoms with Gasteiger partial charge in [-0.25, -0.2) is 8.42 Å². The summed E-state index contributed by atoms with van der Waals surface area (Å²) in [7, 11) is -3.25. The van der Waals surface area contributed by atoms with Gasteiger partial charge in [-0.2, -0.15) is 0 Å². The Morgan fingerprint density at radius 2 is 2.00 bits per heavy atom. The van der Waals surface area contributed by atoms with E-state index in [-0.39, 0.29) is 5.25 Å². The van der Waals surface area contributed by atoms with Gasteiger partial charge >= 0.3 is 0 Å². The lowest BCUT2D eigenvalue weighted by molar-refractivity contribution is 0.465. The van der Waals surface area contributed by atoms with Crippen LogP contribution in [0, 0.1) is 18.8 Å². The third kappa shape index (κ3) is 1.66. The molecule has 0 aliphatic heterocycles. The molecular formula is C14H19NO2S. The highest BCUT2D eigenvalue weighted by molar-refractivity contribution is 7.92. The van der Waals surface area contributed by atoms with Gasteiger partial charge in [-0.3, -0.25) is 0 Å². The van der Waals surface area contributed by atoms with Gasteiger partial charge in [0.1, 0.15) is 0 Å². The van der Waals surface area contributed by atoms with E-state index in [4.69, 9.17) is 5.73 Å². The average molecular weight is 265 g/mol. The van der Waals surface area contributed by atoms with E-state index in [0.29, 0.717) is 22.4 Å². The van der Waals surface area contributed by atoms with E-state index >= 15 is 0 Å². The lowest BCUT2D eigenvalue weighted by atomic mass is 10.0. The predicted octanol–water partition coefficient (Wildman–Crippen LogP) is 2.54. The number of hydrogen-bond acceptors (Lipinski definition) is 3. The van der Waals surface area contributed by atoms with Crippen molar-refractivity contribution in [3.63, 3.8) is 0 Å². The van der Waals surface area contributed by atoms with Gasteiger partial charge in [0, 0.05) is 0 Å². The summed E-state index contributed by atoms with van der Waals surface area (Å²) in [4.78, 5) is 0.347. The molecule has 0 saturated heterocycles. The molecule has 1 aromatic carbocycles. The van der Waals surface area contributed by atoms with Gasteiger partial charge in [-0.15, -0.1) is 0 Å². The SMILES string of the molecule is Cc1cccc(S(=O)(=O)C2CC3CCC2C3)c1N. The number of para-hydroxylation sites is 1. The van der Waals surface area contributed by atoms with E-state index in [0.717, 1.165) is 24.8 Å². The maximum Gasteiger partial charge on any atom is 0.183 e. The first-order chi connectivity index (χ1) is 8.50.